The first-order valence-corrected chi connectivity index (χ1v) is 6.21. The fraction of sp³-hybridized carbons (Fsp3) is 0.462. The van der Waals surface area contributed by atoms with Gasteiger partial charge in [0.1, 0.15) is 6.07 Å². The maximum absolute atomic E-state index is 10.7. The minimum atomic E-state index is -0.490. The molecule has 2 rings (SSSR count). The van der Waals surface area contributed by atoms with E-state index in [1.807, 2.05) is 6.07 Å². The Kier molecular flexibility index (Phi) is 3.97. The SMILES string of the molecule is CN1CCC(CNc2ccc([N+](=O)[O-])cc2C#N)C1. The number of nitrogens with zero attached hydrogens (tertiary/aromatic N) is 3. The van der Waals surface area contributed by atoms with Gasteiger partial charge >= 0.3 is 0 Å². The van der Waals surface area contributed by atoms with Crippen LogP contribution in [0.15, 0.2) is 18.2 Å². The van der Waals surface area contributed by atoms with Gasteiger partial charge in [-0.15, -0.1) is 0 Å². The number of hydrogen-bond acceptors (Lipinski definition) is 5. The van der Waals surface area contributed by atoms with Crippen LogP contribution in [0.1, 0.15) is 12.0 Å². The molecule has 6 nitrogen and oxygen atoms in total. The van der Waals surface area contributed by atoms with Crippen LogP contribution in [-0.2, 0) is 0 Å². The Bertz CT molecular complexity index is 524. The van der Waals surface area contributed by atoms with Gasteiger partial charge in [0.25, 0.3) is 5.69 Å². The van der Waals surface area contributed by atoms with Gasteiger partial charge in [-0.25, -0.2) is 0 Å². The number of likely N-dealkylation sites (tertiary alicyclic amines) is 1. The summed E-state index contributed by atoms with van der Waals surface area (Å²) < 4.78 is 0. The van der Waals surface area contributed by atoms with E-state index in [2.05, 4.69) is 17.3 Å². The molecule has 1 fully saturated rings. The summed E-state index contributed by atoms with van der Waals surface area (Å²) in [4.78, 5) is 12.4. The molecule has 0 saturated carbocycles. The molecule has 0 aromatic heterocycles. The average Bonchev–Trinajstić information content (AvgIpc) is 2.81. The van der Waals surface area contributed by atoms with Crippen LogP contribution in [0.4, 0.5) is 11.4 Å². The van der Waals surface area contributed by atoms with Crippen molar-refractivity contribution < 1.29 is 4.92 Å². The van der Waals surface area contributed by atoms with Crippen LogP contribution in [0.2, 0.25) is 0 Å². The molecule has 1 unspecified atom stereocenters. The predicted octanol–water partition coefficient (Wildman–Crippen LogP) is 1.83. The third-order valence-electron chi connectivity index (χ3n) is 3.40. The molecule has 1 aromatic rings. The van der Waals surface area contributed by atoms with Gasteiger partial charge in [0.05, 0.1) is 16.2 Å². The zero-order valence-electron chi connectivity index (χ0n) is 10.8. The van der Waals surface area contributed by atoms with E-state index in [0.29, 0.717) is 17.2 Å². The van der Waals surface area contributed by atoms with Crippen LogP contribution in [-0.4, -0.2) is 36.5 Å². The second kappa shape index (κ2) is 5.67. The summed E-state index contributed by atoms with van der Waals surface area (Å²) in [6, 6.07) is 6.33. The fourth-order valence-electron chi connectivity index (χ4n) is 2.34. The van der Waals surface area contributed by atoms with Gasteiger partial charge in [-0.1, -0.05) is 0 Å². The summed E-state index contributed by atoms with van der Waals surface area (Å²) >= 11 is 0. The van der Waals surface area contributed by atoms with E-state index in [1.54, 1.807) is 6.07 Å². The molecule has 0 aliphatic carbocycles. The van der Waals surface area contributed by atoms with Crippen molar-refractivity contribution in [1.82, 2.24) is 4.90 Å². The van der Waals surface area contributed by atoms with Crippen molar-refractivity contribution in [3.05, 3.63) is 33.9 Å². The second-order valence-corrected chi connectivity index (χ2v) is 4.90. The topological polar surface area (TPSA) is 82.2 Å². The highest BCUT2D eigenvalue weighted by atomic mass is 16.6. The number of nitro benzene ring substituents is 1. The summed E-state index contributed by atoms with van der Waals surface area (Å²) in [7, 11) is 2.09. The quantitative estimate of drug-likeness (QED) is 0.659. The molecular weight excluding hydrogens is 244 g/mol. The van der Waals surface area contributed by atoms with E-state index < -0.39 is 4.92 Å². The van der Waals surface area contributed by atoms with E-state index in [1.165, 1.54) is 12.1 Å². The Morgan fingerprint density at radius 1 is 1.63 bits per heavy atom. The number of anilines is 1. The average molecular weight is 260 g/mol. The molecule has 1 aliphatic rings. The lowest BCUT2D eigenvalue weighted by Gasteiger charge is -2.13. The normalized spacial score (nSPS) is 19.1. The van der Waals surface area contributed by atoms with Gasteiger partial charge in [0.2, 0.25) is 0 Å². The first kappa shape index (κ1) is 13.3. The van der Waals surface area contributed by atoms with E-state index >= 15 is 0 Å². The molecule has 0 radical (unpaired) electrons. The van der Waals surface area contributed by atoms with Gasteiger partial charge in [-0.3, -0.25) is 10.1 Å². The summed E-state index contributed by atoms with van der Waals surface area (Å²) in [6.45, 7) is 2.93. The van der Waals surface area contributed by atoms with Gasteiger partial charge < -0.3 is 10.2 Å². The Labute approximate surface area is 111 Å². The Hall–Kier alpha value is -2.13. The lowest BCUT2D eigenvalue weighted by atomic mass is 10.1. The number of benzene rings is 1. The van der Waals surface area contributed by atoms with Crippen molar-refractivity contribution in [2.24, 2.45) is 5.92 Å². The largest absolute Gasteiger partial charge is 0.384 e. The molecule has 1 aliphatic heterocycles. The van der Waals surface area contributed by atoms with Gasteiger partial charge in [-0.2, -0.15) is 5.26 Å². The highest BCUT2D eigenvalue weighted by Crippen LogP contribution is 2.22. The number of nitro groups is 1. The van der Waals surface area contributed by atoms with Crippen molar-refractivity contribution in [3.8, 4) is 6.07 Å². The monoisotopic (exact) mass is 260 g/mol. The third-order valence-corrected chi connectivity index (χ3v) is 3.40. The smallest absolute Gasteiger partial charge is 0.270 e. The van der Waals surface area contributed by atoms with Crippen molar-refractivity contribution in [2.45, 2.75) is 6.42 Å². The fourth-order valence-corrected chi connectivity index (χ4v) is 2.34. The standard InChI is InChI=1S/C13H16N4O2/c1-16-5-4-10(9-16)8-15-13-3-2-12(17(18)19)6-11(13)7-14/h2-3,6,10,15H,4-5,8-9H2,1H3. The Balaban J connectivity index is 2.04. The molecule has 1 atom stereocenters. The zero-order chi connectivity index (χ0) is 13.8. The summed E-state index contributed by atoms with van der Waals surface area (Å²) in [5.41, 5.74) is 0.936. The minimum Gasteiger partial charge on any atom is -0.384 e. The van der Waals surface area contributed by atoms with Crippen LogP contribution in [0.25, 0.3) is 0 Å². The number of non-ortho nitro benzene ring substituents is 1. The maximum Gasteiger partial charge on any atom is 0.270 e. The second-order valence-electron chi connectivity index (χ2n) is 4.90. The van der Waals surface area contributed by atoms with Gasteiger partial charge in [0, 0.05) is 25.2 Å². The number of rotatable bonds is 4. The van der Waals surface area contributed by atoms with E-state index in [-0.39, 0.29) is 5.69 Å². The molecule has 100 valence electrons. The van der Waals surface area contributed by atoms with E-state index in [0.717, 1.165) is 26.1 Å². The Morgan fingerprint density at radius 2 is 2.42 bits per heavy atom. The van der Waals surface area contributed by atoms with Crippen LogP contribution >= 0.6 is 0 Å². The highest BCUT2D eigenvalue weighted by molar-refractivity contribution is 5.61. The van der Waals surface area contributed by atoms with Crippen LogP contribution in [0, 0.1) is 27.4 Å². The van der Waals surface area contributed by atoms with Gasteiger partial charge in [-0.05, 0) is 32.0 Å². The van der Waals surface area contributed by atoms with Crippen LogP contribution < -0.4 is 5.32 Å². The lowest BCUT2D eigenvalue weighted by Crippen LogP contribution is -2.19. The highest BCUT2D eigenvalue weighted by Gasteiger charge is 2.19. The molecule has 1 aromatic carbocycles. The molecular formula is C13H16N4O2. The first-order chi connectivity index (χ1) is 9.10. The zero-order valence-corrected chi connectivity index (χ0v) is 10.8. The summed E-state index contributed by atoms with van der Waals surface area (Å²) in [5, 5.41) is 22.9. The van der Waals surface area contributed by atoms with Crippen molar-refractivity contribution in [2.75, 3.05) is 32.0 Å². The summed E-state index contributed by atoms with van der Waals surface area (Å²) in [6.07, 6.45) is 1.14. The summed E-state index contributed by atoms with van der Waals surface area (Å²) in [5.74, 6) is 0.562. The molecule has 6 heteroatoms. The molecule has 0 spiro atoms. The first-order valence-electron chi connectivity index (χ1n) is 6.21. The number of nitrogens with one attached hydrogen (secondary N) is 1. The molecule has 0 amide bonds. The van der Waals surface area contributed by atoms with E-state index in [4.69, 9.17) is 5.26 Å². The van der Waals surface area contributed by atoms with Gasteiger partial charge in [0.15, 0.2) is 0 Å². The molecule has 19 heavy (non-hydrogen) atoms. The minimum absolute atomic E-state index is 0.0531. The number of hydrogen-bond donors (Lipinski definition) is 1. The van der Waals surface area contributed by atoms with Crippen LogP contribution in [0.3, 0.4) is 0 Å². The van der Waals surface area contributed by atoms with Crippen molar-refractivity contribution in [3.63, 3.8) is 0 Å². The Morgan fingerprint density at radius 3 is 3.00 bits per heavy atom. The van der Waals surface area contributed by atoms with Crippen LogP contribution in [0.5, 0.6) is 0 Å². The van der Waals surface area contributed by atoms with E-state index in [9.17, 15) is 10.1 Å². The number of nitriles is 1. The van der Waals surface area contributed by atoms with Crippen molar-refractivity contribution in [1.29, 1.82) is 5.26 Å². The molecule has 1 heterocycles. The molecule has 0 bridgehead atoms. The van der Waals surface area contributed by atoms with Crippen molar-refractivity contribution >= 4 is 11.4 Å². The predicted molar refractivity (Wildman–Crippen MR) is 71.9 cm³/mol. The molecule has 1 saturated heterocycles. The lowest BCUT2D eigenvalue weighted by molar-refractivity contribution is -0.384. The maximum atomic E-state index is 10.7. The third kappa shape index (κ3) is 3.20. The molecule has 1 N–H and O–H groups in total.